The lowest BCUT2D eigenvalue weighted by atomic mass is 10.0. The van der Waals surface area contributed by atoms with E-state index in [4.69, 9.17) is 11.6 Å². The molecule has 0 bridgehead atoms. The smallest absolute Gasteiger partial charge is 0.0847 e. The Kier molecular flexibility index (Phi) is 4.83. The third kappa shape index (κ3) is 3.98. The van der Waals surface area contributed by atoms with Crippen molar-refractivity contribution in [2.75, 3.05) is 17.7 Å². The lowest BCUT2D eigenvalue weighted by molar-refractivity contribution is 0.211. The Labute approximate surface area is 119 Å². The van der Waals surface area contributed by atoms with Crippen molar-refractivity contribution in [3.8, 4) is 11.1 Å². The molecule has 2 N–H and O–H groups in total. The molecule has 1 atom stereocenters. The fourth-order valence-corrected chi connectivity index (χ4v) is 1.93. The summed E-state index contributed by atoms with van der Waals surface area (Å²) < 4.78 is 0. The highest BCUT2D eigenvalue weighted by atomic mass is 35.5. The number of aliphatic hydroxyl groups is 1. The molecule has 0 spiro atoms. The van der Waals surface area contributed by atoms with Crippen molar-refractivity contribution >= 4 is 17.3 Å². The predicted molar refractivity (Wildman–Crippen MR) is 81.8 cm³/mol. The number of anilines is 1. The van der Waals surface area contributed by atoms with Crippen molar-refractivity contribution in [1.29, 1.82) is 0 Å². The molecule has 1 unspecified atom stereocenters. The first-order chi connectivity index (χ1) is 9.19. The Morgan fingerprint density at radius 1 is 1.00 bits per heavy atom. The first kappa shape index (κ1) is 13.9. The number of alkyl halides is 1. The van der Waals surface area contributed by atoms with E-state index in [-0.39, 0.29) is 5.88 Å². The number of hydrogen-bond acceptors (Lipinski definition) is 2. The van der Waals surface area contributed by atoms with Crippen LogP contribution < -0.4 is 5.32 Å². The van der Waals surface area contributed by atoms with E-state index in [1.165, 1.54) is 16.7 Å². The molecule has 0 saturated carbocycles. The summed E-state index contributed by atoms with van der Waals surface area (Å²) in [6.45, 7) is 2.55. The predicted octanol–water partition coefficient (Wildman–Crippen LogP) is 3.67. The molecule has 0 amide bonds. The van der Waals surface area contributed by atoms with E-state index in [1.807, 2.05) is 12.1 Å². The van der Waals surface area contributed by atoms with Crippen LogP contribution in [-0.2, 0) is 0 Å². The molecule has 2 rings (SSSR count). The van der Waals surface area contributed by atoms with Gasteiger partial charge in [-0.1, -0.05) is 42.0 Å². The van der Waals surface area contributed by atoms with E-state index in [0.29, 0.717) is 6.54 Å². The number of benzene rings is 2. The van der Waals surface area contributed by atoms with Crippen LogP contribution in [0.2, 0.25) is 0 Å². The molecule has 3 heteroatoms. The molecular weight excluding hydrogens is 258 g/mol. The number of nitrogens with one attached hydrogen (secondary N) is 1. The number of aryl methyl sites for hydroxylation is 1. The van der Waals surface area contributed by atoms with Gasteiger partial charge in [-0.05, 0) is 30.2 Å². The van der Waals surface area contributed by atoms with E-state index in [0.717, 1.165) is 5.69 Å². The van der Waals surface area contributed by atoms with Gasteiger partial charge in [0.2, 0.25) is 0 Å². The molecule has 19 heavy (non-hydrogen) atoms. The molecule has 0 aromatic heterocycles. The maximum atomic E-state index is 9.38. The summed E-state index contributed by atoms with van der Waals surface area (Å²) in [5, 5.41) is 12.5. The minimum atomic E-state index is -0.515. The molecule has 0 radical (unpaired) electrons. The second-order valence-corrected chi connectivity index (χ2v) is 4.94. The van der Waals surface area contributed by atoms with Crippen LogP contribution in [0.4, 0.5) is 5.69 Å². The fourth-order valence-electron chi connectivity index (χ4n) is 1.82. The highest BCUT2D eigenvalue weighted by Gasteiger charge is 2.02. The molecule has 0 aliphatic heterocycles. The van der Waals surface area contributed by atoms with Gasteiger partial charge in [-0.25, -0.2) is 0 Å². The highest BCUT2D eigenvalue weighted by molar-refractivity contribution is 6.18. The van der Waals surface area contributed by atoms with Gasteiger partial charge in [0.1, 0.15) is 0 Å². The van der Waals surface area contributed by atoms with Crippen LogP contribution in [0.25, 0.3) is 11.1 Å². The van der Waals surface area contributed by atoms with Crippen molar-refractivity contribution < 1.29 is 5.11 Å². The summed E-state index contributed by atoms with van der Waals surface area (Å²) in [4.78, 5) is 0. The van der Waals surface area contributed by atoms with Gasteiger partial charge >= 0.3 is 0 Å². The van der Waals surface area contributed by atoms with Crippen molar-refractivity contribution in [3.05, 3.63) is 54.1 Å². The largest absolute Gasteiger partial charge is 0.390 e. The summed E-state index contributed by atoms with van der Waals surface area (Å²) in [6.07, 6.45) is -0.515. The van der Waals surface area contributed by atoms with Crippen molar-refractivity contribution in [2.24, 2.45) is 0 Å². The van der Waals surface area contributed by atoms with E-state index < -0.39 is 6.10 Å². The van der Waals surface area contributed by atoms with Crippen LogP contribution in [0.15, 0.2) is 48.5 Å². The van der Waals surface area contributed by atoms with Crippen molar-refractivity contribution in [3.63, 3.8) is 0 Å². The average Bonchev–Trinajstić information content (AvgIpc) is 2.46. The van der Waals surface area contributed by atoms with Crippen LogP contribution in [0.1, 0.15) is 5.56 Å². The zero-order valence-electron chi connectivity index (χ0n) is 10.9. The normalized spacial score (nSPS) is 12.2. The maximum Gasteiger partial charge on any atom is 0.0847 e. The topological polar surface area (TPSA) is 32.3 Å². The van der Waals surface area contributed by atoms with Gasteiger partial charge in [0.25, 0.3) is 0 Å². The summed E-state index contributed by atoms with van der Waals surface area (Å²) in [5.74, 6) is 0.244. The first-order valence-electron chi connectivity index (χ1n) is 6.34. The molecule has 0 fully saturated rings. The Bertz CT molecular complexity index is 507. The molecule has 2 nitrogen and oxygen atoms in total. The second kappa shape index (κ2) is 6.60. The second-order valence-electron chi connectivity index (χ2n) is 4.63. The fraction of sp³-hybridized carbons (Fsp3) is 0.250. The van der Waals surface area contributed by atoms with Gasteiger partial charge in [-0.2, -0.15) is 0 Å². The minimum absolute atomic E-state index is 0.244. The molecule has 0 heterocycles. The minimum Gasteiger partial charge on any atom is -0.390 e. The summed E-state index contributed by atoms with van der Waals surface area (Å²) >= 11 is 5.55. The third-order valence-corrected chi connectivity index (χ3v) is 3.35. The first-order valence-corrected chi connectivity index (χ1v) is 6.87. The standard InChI is InChI=1S/C16H18ClNO/c1-12-2-4-13(5-3-12)14-6-8-15(9-7-14)18-11-16(19)10-17/h2-9,16,18-19H,10-11H2,1H3. The molecule has 100 valence electrons. The third-order valence-electron chi connectivity index (χ3n) is 2.99. The quantitative estimate of drug-likeness (QED) is 0.816. The van der Waals surface area contributed by atoms with Crippen LogP contribution in [0.3, 0.4) is 0 Å². The maximum absolute atomic E-state index is 9.38. The Hall–Kier alpha value is -1.51. The Morgan fingerprint density at radius 2 is 1.53 bits per heavy atom. The molecular formula is C16H18ClNO. The Balaban J connectivity index is 2.04. The van der Waals surface area contributed by atoms with Crippen LogP contribution in [0.5, 0.6) is 0 Å². The lowest BCUT2D eigenvalue weighted by Gasteiger charge is -2.10. The van der Waals surface area contributed by atoms with Gasteiger partial charge in [0.15, 0.2) is 0 Å². The number of rotatable bonds is 5. The zero-order valence-corrected chi connectivity index (χ0v) is 11.7. The van der Waals surface area contributed by atoms with Crippen LogP contribution in [-0.4, -0.2) is 23.6 Å². The summed E-state index contributed by atoms with van der Waals surface area (Å²) in [5.41, 5.74) is 4.64. The van der Waals surface area contributed by atoms with Crippen LogP contribution in [0, 0.1) is 6.92 Å². The molecule has 0 aliphatic carbocycles. The molecule has 0 aliphatic rings. The SMILES string of the molecule is Cc1ccc(-c2ccc(NCC(O)CCl)cc2)cc1. The van der Waals surface area contributed by atoms with Gasteiger partial charge in [-0.3, -0.25) is 0 Å². The Morgan fingerprint density at radius 3 is 2.05 bits per heavy atom. The summed E-state index contributed by atoms with van der Waals surface area (Å²) in [7, 11) is 0. The van der Waals surface area contributed by atoms with Gasteiger partial charge < -0.3 is 10.4 Å². The highest BCUT2D eigenvalue weighted by Crippen LogP contribution is 2.21. The molecule has 2 aromatic rings. The average molecular weight is 276 g/mol. The monoisotopic (exact) mass is 275 g/mol. The van der Waals surface area contributed by atoms with Gasteiger partial charge in [0, 0.05) is 12.2 Å². The molecule has 2 aromatic carbocycles. The van der Waals surface area contributed by atoms with E-state index in [1.54, 1.807) is 0 Å². The van der Waals surface area contributed by atoms with Gasteiger partial charge in [-0.15, -0.1) is 11.6 Å². The number of halogens is 1. The van der Waals surface area contributed by atoms with Crippen molar-refractivity contribution in [1.82, 2.24) is 0 Å². The van der Waals surface area contributed by atoms with Crippen LogP contribution >= 0.6 is 11.6 Å². The number of aliphatic hydroxyl groups excluding tert-OH is 1. The zero-order chi connectivity index (χ0) is 13.7. The summed E-state index contributed by atoms with van der Waals surface area (Å²) in [6, 6.07) is 16.6. The number of hydrogen-bond donors (Lipinski definition) is 2. The molecule has 0 saturated heterocycles. The van der Waals surface area contributed by atoms with E-state index >= 15 is 0 Å². The van der Waals surface area contributed by atoms with Crippen molar-refractivity contribution in [2.45, 2.75) is 13.0 Å². The van der Waals surface area contributed by atoms with E-state index in [9.17, 15) is 5.11 Å². The lowest BCUT2D eigenvalue weighted by Crippen LogP contribution is -2.20. The van der Waals surface area contributed by atoms with Gasteiger partial charge in [0.05, 0.1) is 12.0 Å². The van der Waals surface area contributed by atoms with E-state index in [2.05, 4.69) is 48.6 Å².